The number of ether oxygens (including phenoxy) is 1. The maximum Gasteiger partial charge on any atom is 0.305 e. The van der Waals surface area contributed by atoms with E-state index in [1.165, 1.54) is 128 Å². The molecule has 0 radical (unpaired) electrons. The van der Waals surface area contributed by atoms with Gasteiger partial charge in [-0.3, -0.25) is 9.59 Å². The van der Waals surface area contributed by atoms with E-state index in [-0.39, 0.29) is 18.5 Å². The Morgan fingerprint density at radius 1 is 0.491 bits per heavy atom. The molecule has 0 aliphatic carbocycles. The molecule has 0 aromatic rings. The molecule has 0 fully saturated rings. The quantitative estimate of drug-likeness (QED) is 0.0324. The number of carbonyl (C=O) groups is 2. The normalized spacial score (nSPS) is 13.1. The van der Waals surface area contributed by atoms with Gasteiger partial charge in [0.25, 0.3) is 0 Å². The lowest BCUT2D eigenvalue weighted by molar-refractivity contribution is -0.143. The Labute approximate surface area is 353 Å². The molecule has 0 aliphatic rings. The van der Waals surface area contributed by atoms with E-state index in [0.717, 1.165) is 83.5 Å². The molecule has 6 heteroatoms. The maximum atomic E-state index is 12.4. The molecule has 6 nitrogen and oxygen atoms in total. The van der Waals surface area contributed by atoms with Crippen molar-refractivity contribution in [3.8, 4) is 0 Å². The average molecular weight is 800 g/mol. The third-order valence-corrected chi connectivity index (χ3v) is 10.8. The Hall–Kier alpha value is -2.18. The molecule has 0 spiro atoms. The van der Waals surface area contributed by atoms with E-state index in [0.29, 0.717) is 19.4 Å². The summed E-state index contributed by atoms with van der Waals surface area (Å²) >= 11 is 0. The summed E-state index contributed by atoms with van der Waals surface area (Å²) < 4.78 is 5.43. The summed E-state index contributed by atoms with van der Waals surface area (Å²) in [6.45, 7) is 4.77. The summed E-state index contributed by atoms with van der Waals surface area (Å²) in [6.07, 6.45) is 56.8. The number of allylic oxidation sites excluding steroid dienone is 7. The number of rotatable bonds is 44. The first-order chi connectivity index (χ1) is 28.0. The van der Waals surface area contributed by atoms with Crippen LogP contribution in [0.3, 0.4) is 0 Å². The average Bonchev–Trinajstić information content (AvgIpc) is 3.21. The molecule has 0 heterocycles. The smallest absolute Gasteiger partial charge is 0.305 e. The lowest BCUT2D eigenvalue weighted by atomic mass is 10.1. The summed E-state index contributed by atoms with van der Waals surface area (Å²) in [7, 11) is 0. The zero-order valence-corrected chi connectivity index (χ0v) is 37.6. The summed E-state index contributed by atoms with van der Waals surface area (Å²) in [5.74, 6) is -0.154. The van der Waals surface area contributed by atoms with Gasteiger partial charge >= 0.3 is 5.97 Å². The standard InChI is InChI=1S/C51H93NO5/c1-3-5-7-9-11-13-15-17-18-19-20-21-22-24-29-33-37-41-45-51(56)57-46-42-38-34-30-26-25-28-32-36-40-44-50(55)52-48(47-53)49(54)43-39-35-31-27-23-16-14-12-10-8-6-4-2/h13,15,18-19,26,30,39,43,48-49,53-54H,3-12,14,16-17,20-25,27-29,31-38,40-42,44-47H2,1-2H3,(H,52,55)/b15-13-,19-18-,30-26-,43-39+. The Kier molecular flexibility index (Phi) is 44.7. The predicted octanol–water partition coefficient (Wildman–Crippen LogP) is 14.3. The van der Waals surface area contributed by atoms with Gasteiger partial charge < -0.3 is 20.3 Å². The number of nitrogens with one attached hydrogen (secondary N) is 1. The van der Waals surface area contributed by atoms with Gasteiger partial charge in [0, 0.05) is 12.8 Å². The monoisotopic (exact) mass is 800 g/mol. The Bertz CT molecular complexity index is 973. The molecular weight excluding hydrogens is 707 g/mol. The third-order valence-electron chi connectivity index (χ3n) is 10.8. The van der Waals surface area contributed by atoms with Gasteiger partial charge in [-0.1, -0.05) is 184 Å². The van der Waals surface area contributed by atoms with Crippen LogP contribution in [-0.4, -0.2) is 47.4 Å². The summed E-state index contributed by atoms with van der Waals surface area (Å²) in [5, 5.41) is 22.9. The van der Waals surface area contributed by atoms with E-state index in [2.05, 4.69) is 55.6 Å². The molecule has 1 amide bonds. The van der Waals surface area contributed by atoms with Crippen LogP contribution in [0.25, 0.3) is 0 Å². The van der Waals surface area contributed by atoms with Gasteiger partial charge in [0.1, 0.15) is 0 Å². The fraction of sp³-hybridized carbons (Fsp3) is 0.804. The van der Waals surface area contributed by atoms with Crippen LogP contribution in [-0.2, 0) is 14.3 Å². The minimum atomic E-state index is -0.866. The summed E-state index contributed by atoms with van der Waals surface area (Å²) in [5.41, 5.74) is 0. The second kappa shape index (κ2) is 46.5. The predicted molar refractivity (Wildman–Crippen MR) is 245 cm³/mol. The van der Waals surface area contributed by atoms with Gasteiger partial charge in [-0.2, -0.15) is 0 Å². The van der Waals surface area contributed by atoms with Crippen molar-refractivity contribution in [1.29, 1.82) is 0 Å². The largest absolute Gasteiger partial charge is 0.466 e. The molecule has 0 saturated heterocycles. The number of amides is 1. The molecule has 0 rings (SSSR count). The number of hydrogen-bond acceptors (Lipinski definition) is 5. The Morgan fingerprint density at radius 2 is 0.877 bits per heavy atom. The maximum absolute atomic E-state index is 12.4. The first kappa shape index (κ1) is 54.8. The zero-order valence-electron chi connectivity index (χ0n) is 37.6. The van der Waals surface area contributed by atoms with Crippen molar-refractivity contribution in [3.63, 3.8) is 0 Å². The lowest BCUT2D eigenvalue weighted by Crippen LogP contribution is -2.45. The minimum Gasteiger partial charge on any atom is -0.466 e. The van der Waals surface area contributed by atoms with Crippen molar-refractivity contribution >= 4 is 11.9 Å². The fourth-order valence-corrected chi connectivity index (χ4v) is 7.01. The van der Waals surface area contributed by atoms with Crippen molar-refractivity contribution in [2.45, 2.75) is 251 Å². The number of esters is 1. The second-order valence-electron chi connectivity index (χ2n) is 16.4. The highest BCUT2D eigenvalue weighted by Gasteiger charge is 2.18. The van der Waals surface area contributed by atoms with Gasteiger partial charge in [-0.15, -0.1) is 0 Å². The van der Waals surface area contributed by atoms with Crippen LogP contribution in [0, 0.1) is 0 Å². The third kappa shape index (κ3) is 43.2. The van der Waals surface area contributed by atoms with Crippen molar-refractivity contribution in [1.82, 2.24) is 5.32 Å². The van der Waals surface area contributed by atoms with Gasteiger partial charge in [-0.25, -0.2) is 0 Å². The van der Waals surface area contributed by atoms with Crippen molar-refractivity contribution in [3.05, 3.63) is 48.6 Å². The fourth-order valence-electron chi connectivity index (χ4n) is 7.01. The second-order valence-corrected chi connectivity index (χ2v) is 16.4. The molecule has 2 atom stereocenters. The van der Waals surface area contributed by atoms with Crippen molar-refractivity contribution < 1.29 is 24.5 Å². The molecule has 0 bridgehead atoms. The van der Waals surface area contributed by atoms with E-state index in [1.807, 2.05) is 6.08 Å². The van der Waals surface area contributed by atoms with Crippen LogP contribution < -0.4 is 5.32 Å². The lowest BCUT2D eigenvalue weighted by Gasteiger charge is -2.20. The first-order valence-electron chi connectivity index (χ1n) is 24.4. The highest BCUT2D eigenvalue weighted by atomic mass is 16.5. The van der Waals surface area contributed by atoms with Gasteiger partial charge in [0.2, 0.25) is 5.91 Å². The number of carbonyl (C=O) groups excluding carboxylic acids is 2. The number of hydrogen-bond donors (Lipinski definition) is 3. The van der Waals surface area contributed by atoms with Crippen molar-refractivity contribution in [2.75, 3.05) is 13.2 Å². The topological polar surface area (TPSA) is 95.9 Å². The van der Waals surface area contributed by atoms with Crippen LogP contribution in [0.1, 0.15) is 239 Å². The summed E-state index contributed by atoms with van der Waals surface area (Å²) in [4.78, 5) is 24.4. The highest BCUT2D eigenvalue weighted by Crippen LogP contribution is 2.14. The van der Waals surface area contributed by atoms with Crippen LogP contribution in [0.2, 0.25) is 0 Å². The van der Waals surface area contributed by atoms with Crippen LogP contribution >= 0.6 is 0 Å². The SMILES string of the molecule is CCCCCC/C=C\C/C=C\CCCCCCCCCC(=O)OCCCC/C=C\CCCCCCC(=O)NC(CO)C(O)/C=C/CCCCCCCCCCCC. The van der Waals surface area contributed by atoms with E-state index < -0.39 is 12.1 Å². The molecular formula is C51H93NO5. The number of aliphatic hydroxyl groups excluding tert-OH is 2. The minimum absolute atomic E-state index is 0.0471. The van der Waals surface area contributed by atoms with Crippen LogP contribution in [0.5, 0.6) is 0 Å². The van der Waals surface area contributed by atoms with E-state index >= 15 is 0 Å². The van der Waals surface area contributed by atoms with E-state index in [1.54, 1.807) is 6.08 Å². The van der Waals surface area contributed by atoms with Crippen molar-refractivity contribution in [2.24, 2.45) is 0 Å². The van der Waals surface area contributed by atoms with E-state index in [9.17, 15) is 19.8 Å². The Balaban J connectivity index is 3.57. The highest BCUT2D eigenvalue weighted by molar-refractivity contribution is 5.76. The molecule has 57 heavy (non-hydrogen) atoms. The van der Waals surface area contributed by atoms with Gasteiger partial charge in [0.05, 0.1) is 25.4 Å². The molecule has 2 unspecified atom stereocenters. The molecule has 0 aliphatic heterocycles. The van der Waals surface area contributed by atoms with Gasteiger partial charge in [0.15, 0.2) is 0 Å². The molecule has 0 saturated carbocycles. The van der Waals surface area contributed by atoms with Crippen LogP contribution in [0.4, 0.5) is 0 Å². The van der Waals surface area contributed by atoms with Crippen LogP contribution in [0.15, 0.2) is 48.6 Å². The number of unbranched alkanes of at least 4 members (excludes halogenated alkanes) is 27. The zero-order chi connectivity index (χ0) is 41.5. The Morgan fingerprint density at radius 3 is 1.37 bits per heavy atom. The molecule has 3 N–H and O–H groups in total. The van der Waals surface area contributed by atoms with E-state index in [4.69, 9.17) is 4.74 Å². The van der Waals surface area contributed by atoms with Gasteiger partial charge in [-0.05, 0) is 89.9 Å². The molecule has 0 aromatic carbocycles. The molecule has 332 valence electrons. The number of aliphatic hydroxyl groups is 2. The molecule has 0 aromatic heterocycles. The summed E-state index contributed by atoms with van der Waals surface area (Å²) in [6, 6.07) is -0.653. The first-order valence-corrected chi connectivity index (χ1v) is 24.4.